The second-order valence-electron chi connectivity index (χ2n) is 5.20. The zero-order valence-corrected chi connectivity index (χ0v) is 11.5. The topological polar surface area (TPSA) is 67.1 Å². The Balaban J connectivity index is 1.81. The Morgan fingerprint density at radius 3 is 2.52 bits per heavy atom. The van der Waals surface area contributed by atoms with Crippen LogP contribution in [0.1, 0.15) is 12.8 Å². The Labute approximate surface area is 121 Å². The summed E-state index contributed by atoms with van der Waals surface area (Å²) in [5.41, 5.74) is 2.48. The number of aromatic hydroxyl groups is 1. The van der Waals surface area contributed by atoms with E-state index in [-0.39, 0.29) is 5.75 Å². The van der Waals surface area contributed by atoms with E-state index in [9.17, 15) is 5.11 Å². The van der Waals surface area contributed by atoms with Crippen LogP contribution in [0.25, 0.3) is 16.9 Å². The normalized spacial score (nSPS) is 15.0. The van der Waals surface area contributed by atoms with E-state index in [1.165, 1.54) is 12.8 Å². The van der Waals surface area contributed by atoms with Gasteiger partial charge in [0.15, 0.2) is 5.65 Å². The summed E-state index contributed by atoms with van der Waals surface area (Å²) in [5, 5.41) is 9.40. The molecule has 6 heteroatoms. The fourth-order valence-electron chi connectivity index (χ4n) is 2.67. The van der Waals surface area contributed by atoms with Crippen LogP contribution in [0.3, 0.4) is 0 Å². The predicted octanol–water partition coefficient (Wildman–Crippen LogP) is 2.12. The van der Waals surface area contributed by atoms with E-state index in [0.717, 1.165) is 35.9 Å². The van der Waals surface area contributed by atoms with E-state index in [2.05, 4.69) is 19.9 Å². The first-order valence-electron chi connectivity index (χ1n) is 7.06. The summed E-state index contributed by atoms with van der Waals surface area (Å²) in [5.74, 6) is 1.01. The van der Waals surface area contributed by atoms with Gasteiger partial charge in [0.2, 0.25) is 5.95 Å². The fourth-order valence-corrected chi connectivity index (χ4v) is 2.67. The zero-order chi connectivity index (χ0) is 14.2. The van der Waals surface area contributed by atoms with Crippen LogP contribution < -0.4 is 4.90 Å². The van der Waals surface area contributed by atoms with Gasteiger partial charge in [-0.15, -0.1) is 0 Å². The first kappa shape index (κ1) is 12.1. The van der Waals surface area contributed by atoms with Crippen molar-refractivity contribution in [3.05, 3.63) is 36.8 Å². The fraction of sp³-hybridized carbons (Fsp3) is 0.267. The van der Waals surface area contributed by atoms with Crippen molar-refractivity contribution in [3.63, 3.8) is 0 Å². The standard InChI is InChI=1S/C15H15N5O/c21-12-5-3-11(4-6-12)20-10-17-13-9-16-15(18-14(13)20)19-7-1-2-8-19/h3-6,9-10,21H,1-2,7-8H2. The van der Waals surface area contributed by atoms with Crippen LogP contribution in [0.5, 0.6) is 5.75 Å². The average Bonchev–Trinajstić information content (AvgIpc) is 3.17. The molecule has 0 aliphatic carbocycles. The smallest absolute Gasteiger partial charge is 0.227 e. The van der Waals surface area contributed by atoms with E-state index < -0.39 is 0 Å². The van der Waals surface area contributed by atoms with Gasteiger partial charge in [0, 0.05) is 18.8 Å². The minimum absolute atomic E-state index is 0.246. The lowest BCUT2D eigenvalue weighted by Gasteiger charge is -2.14. The number of phenols is 1. The highest BCUT2D eigenvalue weighted by atomic mass is 16.3. The summed E-state index contributed by atoms with van der Waals surface area (Å²) in [6, 6.07) is 7.00. The molecule has 0 atom stereocenters. The number of imidazole rings is 1. The third kappa shape index (κ3) is 2.08. The summed E-state index contributed by atoms with van der Waals surface area (Å²) < 4.78 is 1.91. The second kappa shape index (κ2) is 4.73. The number of rotatable bonds is 2. The Morgan fingerprint density at radius 2 is 1.76 bits per heavy atom. The molecule has 1 aliphatic rings. The molecule has 106 valence electrons. The number of fused-ring (bicyclic) bond motifs is 1. The van der Waals surface area contributed by atoms with Crippen LogP contribution in [-0.4, -0.2) is 37.7 Å². The van der Waals surface area contributed by atoms with E-state index in [1.54, 1.807) is 24.7 Å². The molecule has 2 aromatic heterocycles. The third-order valence-corrected chi connectivity index (χ3v) is 3.79. The molecule has 0 spiro atoms. The second-order valence-corrected chi connectivity index (χ2v) is 5.20. The maximum absolute atomic E-state index is 9.40. The van der Waals surface area contributed by atoms with Gasteiger partial charge in [-0.3, -0.25) is 4.57 Å². The third-order valence-electron chi connectivity index (χ3n) is 3.79. The van der Waals surface area contributed by atoms with Crippen molar-refractivity contribution < 1.29 is 5.11 Å². The highest BCUT2D eigenvalue weighted by Gasteiger charge is 2.16. The summed E-state index contributed by atoms with van der Waals surface area (Å²) in [6.45, 7) is 2.03. The number of phenolic OH excluding ortho intramolecular Hbond substituents is 1. The summed E-state index contributed by atoms with van der Waals surface area (Å²) in [7, 11) is 0. The lowest BCUT2D eigenvalue weighted by molar-refractivity contribution is 0.475. The summed E-state index contributed by atoms with van der Waals surface area (Å²) in [6.07, 6.45) is 5.89. The van der Waals surface area contributed by atoms with Gasteiger partial charge in [-0.25, -0.2) is 9.97 Å². The van der Waals surface area contributed by atoms with E-state index >= 15 is 0 Å². The number of hydrogen-bond donors (Lipinski definition) is 1. The molecule has 6 nitrogen and oxygen atoms in total. The van der Waals surface area contributed by atoms with Crippen molar-refractivity contribution in [2.45, 2.75) is 12.8 Å². The van der Waals surface area contributed by atoms with E-state index in [0.29, 0.717) is 0 Å². The lowest BCUT2D eigenvalue weighted by atomic mass is 10.3. The number of aromatic nitrogens is 4. The van der Waals surface area contributed by atoms with Crippen molar-refractivity contribution >= 4 is 17.1 Å². The highest BCUT2D eigenvalue weighted by molar-refractivity contribution is 5.73. The largest absolute Gasteiger partial charge is 0.508 e. The first-order valence-corrected chi connectivity index (χ1v) is 7.06. The SMILES string of the molecule is Oc1ccc(-n2cnc3cnc(N4CCCC4)nc32)cc1. The predicted molar refractivity (Wildman–Crippen MR) is 79.8 cm³/mol. The number of anilines is 1. The molecular formula is C15H15N5O. The van der Waals surface area contributed by atoms with Crippen LogP contribution in [0.4, 0.5) is 5.95 Å². The molecule has 1 fully saturated rings. The highest BCUT2D eigenvalue weighted by Crippen LogP contribution is 2.21. The molecule has 3 aromatic rings. The molecule has 21 heavy (non-hydrogen) atoms. The molecule has 1 aromatic carbocycles. The Morgan fingerprint density at radius 1 is 1.00 bits per heavy atom. The van der Waals surface area contributed by atoms with Gasteiger partial charge in [-0.2, -0.15) is 4.98 Å². The molecule has 1 aliphatic heterocycles. The van der Waals surface area contributed by atoms with Gasteiger partial charge in [0.05, 0.1) is 6.20 Å². The number of hydrogen-bond acceptors (Lipinski definition) is 5. The van der Waals surface area contributed by atoms with Gasteiger partial charge < -0.3 is 10.0 Å². The molecule has 0 saturated carbocycles. The molecule has 0 amide bonds. The van der Waals surface area contributed by atoms with Crippen molar-refractivity contribution in [2.75, 3.05) is 18.0 Å². The maximum Gasteiger partial charge on any atom is 0.227 e. The summed E-state index contributed by atoms with van der Waals surface area (Å²) in [4.78, 5) is 15.6. The summed E-state index contributed by atoms with van der Waals surface area (Å²) >= 11 is 0. The van der Waals surface area contributed by atoms with Crippen molar-refractivity contribution in [1.82, 2.24) is 19.5 Å². The van der Waals surface area contributed by atoms with Crippen LogP contribution in [0, 0.1) is 0 Å². The quantitative estimate of drug-likeness (QED) is 0.779. The lowest BCUT2D eigenvalue weighted by Crippen LogP contribution is -2.20. The molecule has 1 N–H and O–H groups in total. The van der Waals surface area contributed by atoms with Gasteiger partial charge in [-0.1, -0.05) is 0 Å². The Bertz CT molecular complexity index is 774. The van der Waals surface area contributed by atoms with Crippen LogP contribution in [0.15, 0.2) is 36.8 Å². The van der Waals surface area contributed by atoms with E-state index in [1.807, 2.05) is 16.7 Å². The van der Waals surface area contributed by atoms with Gasteiger partial charge in [0.25, 0.3) is 0 Å². The van der Waals surface area contributed by atoms with Crippen LogP contribution >= 0.6 is 0 Å². The molecule has 3 heterocycles. The average molecular weight is 281 g/mol. The first-order chi connectivity index (χ1) is 10.3. The van der Waals surface area contributed by atoms with Crippen molar-refractivity contribution in [2.24, 2.45) is 0 Å². The molecular weight excluding hydrogens is 266 g/mol. The number of benzene rings is 1. The monoisotopic (exact) mass is 281 g/mol. The molecule has 4 rings (SSSR count). The molecule has 0 unspecified atom stereocenters. The van der Waals surface area contributed by atoms with Gasteiger partial charge in [-0.05, 0) is 37.1 Å². The van der Waals surface area contributed by atoms with Crippen molar-refractivity contribution in [3.8, 4) is 11.4 Å². The minimum atomic E-state index is 0.246. The zero-order valence-electron chi connectivity index (χ0n) is 11.5. The van der Waals surface area contributed by atoms with Gasteiger partial charge >= 0.3 is 0 Å². The minimum Gasteiger partial charge on any atom is -0.508 e. The molecule has 0 bridgehead atoms. The Hall–Kier alpha value is -2.63. The van der Waals surface area contributed by atoms with E-state index in [4.69, 9.17) is 0 Å². The van der Waals surface area contributed by atoms with Crippen LogP contribution in [-0.2, 0) is 0 Å². The van der Waals surface area contributed by atoms with Crippen LogP contribution in [0.2, 0.25) is 0 Å². The number of nitrogens with zero attached hydrogens (tertiary/aromatic N) is 5. The van der Waals surface area contributed by atoms with Crippen molar-refractivity contribution in [1.29, 1.82) is 0 Å². The molecule has 1 saturated heterocycles. The van der Waals surface area contributed by atoms with Gasteiger partial charge in [0.1, 0.15) is 17.6 Å². The molecule has 0 radical (unpaired) electrons. The maximum atomic E-state index is 9.40. The Kier molecular flexibility index (Phi) is 2.73.